The van der Waals surface area contributed by atoms with Gasteiger partial charge >= 0.3 is 0 Å². The molecule has 1 aliphatic heterocycles. The molecule has 0 aliphatic carbocycles. The lowest BCUT2D eigenvalue weighted by molar-refractivity contribution is 0.134. The normalized spacial score (nSPS) is 19.6. The maximum atomic E-state index is 5.36. The molecule has 5 heteroatoms. The summed E-state index contributed by atoms with van der Waals surface area (Å²) in [7, 11) is 3.76. The van der Waals surface area contributed by atoms with Crippen LogP contribution < -0.4 is 0 Å². The highest BCUT2D eigenvalue weighted by molar-refractivity contribution is 7.07. The summed E-state index contributed by atoms with van der Waals surface area (Å²) in [5.74, 6) is 0.383. The van der Waals surface area contributed by atoms with Crippen LogP contribution in [0.25, 0.3) is 0 Å². The van der Waals surface area contributed by atoms with Gasteiger partial charge in [-0.15, -0.1) is 0 Å². The molecule has 2 aromatic rings. The Labute approximate surface area is 117 Å². The first-order valence-corrected chi connectivity index (χ1v) is 7.45. The molecule has 0 fully saturated rings. The molecular weight excluding hydrogens is 258 g/mol. The number of hydrogen-bond acceptors (Lipinski definition) is 4. The Morgan fingerprint density at radius 2 is 2.42 bits per heavy atom. The summed E-state index contributed by atoms with van der Waals surface area (Å²) in [6.45, 7) is 3.76. The maximum Gasteiger partial charge on any atom is 0.0736 e. The van der Waals surface area contributed by atoms with E-state index in [0.29, 0.717) is 5.92 Å². The first kappa shape index (κ1) is 12.8. The van der Waals surface area contributed by atoms with Crippen molar-refractivity contribution in [1.82, 2.24) is 14.7 Å². The predicted molar refractivity (Wildman–Crippen MR) is 76.3 cm³/mol. The molecule has 0 N–H and O–H groups in total. The molecule has 0 bridgehead atoms. The van der Waals surface area contributed by atoms with Gasteiger partial charge in [0.1, 0.15) is 0 Å². The summed E-state index contributed by atoms with van der Waals surface area (Å²) in [6.07, 6.45) is 2.14. The molecule has 3 heterocycles. The fourth-order valence-electron chi connectivity index (χ4n) is 2.82. The highest BCUT2D eigenvalue weighted by atomic mass is 32.1. The molecule has 1 aliphatic rings. The molecule has 0 aromatic carbocycles. The average molecular weight is 277 g/mol. The van der Waals surface area contributed by atoms with Gasteiger partial charge in [0.25, 0.3) is 0 Å². The Kier molecular flexibility index (Phi) is 3.68. The number of hydrogen-bond donors (Lipinski definition) is 0. The monoisotopic (exact) mass is 277 g/mol. The fourth-order valence-corrected chi connectivity index (χ4v) is 3.48. The van der Waals surface area contributed by atoms with Crippen LogP contribution in [0.3, 0.4) is 0 Å². The third-order valence-corrected chi connectivity index (χ3v) is 4.28. The number of rotatable bonds is 4. The number of nitrogens with zero attached hydrogens (tertiary/aromatic N) is 3. The van der Waals surface area contributed by atoms with E-state index in [2.05, 4.69) is 33.0 Å². The van der Waals surface area contributed by atoms with Crippen LogP contribution in [0.4, 0.5) is 0 Å². The highest BCUT2D eigenvalue weighted by Crippen LogP contribution is 2.28. The van der Waals surface area contributed by atoms with E-state index in [1.807, 2.05) is 11.7 Å². The largest absolute Gasteiger partial charge is 0.384 e. The standard InChI is InChI=1S/C14H19N3OS/c1-16-6-12-7-17(5-11-3-4-19-10-11)8-13(9-18-2)14(12)15-16/h3-4,6,10,13H,5,7-9H2,1-2H3/t13-/m0/s1. The molecule has 0 unspecified atom stereocenters. The first-order chi connectivity index (χ1) is 9.26. The minimum Gasteiger partial charge on any atom is -0.384 e. The molecule has 0 amide bonds. The van der Waals surface area contributed by atoms with Gasteiger partial charge in [-0.1, -0.05) is 0 Å². The van der Waals surface area contributed by atoms with Crippen LogP contribution in [-0.2, 0) is 24.9 Å². The lowest BCUT2D eigenvalue weighted by Crippen LogP contribution is -2.34. The van der Waals surface area contributed by atoms with E-state index < -0.39 is 0 Å². The molecule has 19 heavy (non-hydrogen) atoms. The van der Waals surface area contributed by atoms with Crippen LogP contribution in [0.1, 0.15) is 22.7 Å². The molecule has 0 radical (unpaired) electrons. The summed E-state index contributed by atoms with van der Waals surface area (Å²) < 4.78 is 7.28. The van der Waals surface area contributed by atoms with Crippen LogP contribution >= 0.6 is 11.3 Å². The van der Waals surface area contributed by atoms with Crippen molar-refractivity contribution in [2.45, 2.75) is 19.0 Å². The Morgan fingerprint density at radius 1 is 1.53 bits per heavy atom. The van der Waals surface area contributed by atoms with Gasteiger partial charge in [0.05, 0.1) is 12.3 Å². The van der Waals surface area contributed by atoms with Crippen molar-refractivity contribution in [2.75, 3.05) is 20.3 Å². The molecule has 3 rings (SSSR count). The van der Waals surface area contributed by atoms with Crippen molar-refractivity contribution < 1.29 is 4.74 Å². The van der Waals surface area contributed by atoms with Crippen molar-refractivity contribution >= 4 is 11.3 Å². The maximum absolute atomic E-state index is 5.36. The zero-order valence-electron chi connectivity index (χ0n) is 11.4. The molecule has 0 spiro atoms. The topological polar surface area (TPSA) is 30.3 Å². The number of aryl methyl sites for hydroxylation is 1. The van der Waals surface area contributed by atoms with Crippen molar-refractivity contribution in [3.8, 4) is 0 Å². The van der Waals surface area contributed by atoms with Gasteiger partial charge < -0.3 is 4.74 Å². The highest BCUT2D eigenvalue weighted by Gasteiger charge is 2.28. The second kappa shape index (κ2) is 5.45. The number of thiophene rings is 1. The second-order valence-corrected chi connectivity index (χ2v) is 5.95. The van der Waals surface area contributed by atoms with E-state index in [4.69, 9.17) is 4.74 Å². The van der Waals surface area contributed by atoms with Crippen molar-refractivity contribution in [1.29, 1.82) is 0 Å². The van der Waals surface area contributed by atoms with Crippen LogP contribution in [-0.4, -0.2) is 34.9 Å². The van der Waals surface area contributed by atoms with Crippen LogP contribution in [0.5, 0.6) is 0 Å². The number of ether oxygens (including phenoxy) is 1. The molecule has 102 valence electrons. The third-order valence-electron chi connectivity index (χ3n) is 3.55. The second-order valence-electron chi connectivity index (χ2n) is 5.17. The molecule has 4 nitrogen and oxygen atoms in total. The summed E-state index contributed by atoms with van der Waals surface area (Å²) in [5.41, 5.74) is 3.95. The van der Waals surface area contributed by atoms with Gasteiger partial charge in [0.15, 0.2) is 0 Å². The van der Waals surface area contributed by atoms with Crippen LogP contribution in [0, 0.1) is 0 Å². The number of methoxy groups -OCH3 is 1. The Morgan fingerprint density at radius 3 is 3.16 bits per heavy atom. The smallest absolute Gasteiger partial charge is 0.0736 e. The SMILES string of the molecule is COC[C@@H]1CN(Cc2ccsc2)Cc2cn(C)nc21. The predicted octanol–water partition coefficient (Wildman–Crippen LogP) is 2.23. The molecule has 0 saturated heterocycles. The number of fused-ring (bicyclic) bond motifs is 1. The van der Waals surface area contributed by atoms with Gasteiger partial charge in [0.2, 0.25) is 0 Å². The summed E-state index contributed by atoms with van der Waals surface area (Å²) in [5, 5.41) is 8.96. The van der Waals surface area contributed by atoms with Gasteiger partial charge in [-0.25, -0.2) is 0 Å². The minimum absolute atomic E-state index is 0.383. The van der Waals surface area contributed by atoms with Crippen molar-refractivity contribution in [3.05, 3.63) is 39.8 Å². The Hall–Kier alpha value is -1.17. The lowest BCUT2D eigenvalue weighted by atomic mass is 9.97. The molecular formula is C14H19N3OS. The van der Waals surface area contributed by atoms with Gasteiger partial charge in [0, 0.05) is 51.5 Å². The lowest BCUT2D eigenvalue weighted by Gasteiger charge is -2.31. The summed E-state index contributed by atoms with van der Waals surface area (Å²) in [6, 6.07) is 2.20. The van der Waals surface area contributed by atoms with E-state index in [1.54, 1.807) is 18.4 Å². The average Bonchev–Trinajstić information content (AvgIpc) is 2.98. The van der Waals surface area contributed by atoms with Crippen molar-refractivity contribution in [3.63, 3.8) is 0 Å². The molecule has 0 saturated carbocycles. The zero-order valence-corrected chi connectivity index (χ0v) is 12.2. The fraction of sp³-hybridized carbons (Fsp3) is 0.500. The minimum atomic E-state index is 0.383. The Bertz CT molecular complexity index is 535. The molecule has 1 atom stereocenters. The quantitative estimate of drug-likeness (QED) is 0.858. The van der Waals surface area contributed by atoms with E-state index in [9.17, 15) is 0 Å². The zero-order chi connectivity index (χ0) is 13.2. The van der Waals surface area contributed by atoms with Gasteiger partial charge in [-0.05, 0) is 22.4 Å². The van der Waals surface area contributed by atoms with Crippen molar-refractivity contribution in [2.24, 2.45) is 7.05 Å². The summed E-state index contributed by atoms with van der Waals surface area (Å²) >= 11 is 1.76. The van der Waals surface area contributed by atoms with E-state index in [1.165, 1.54) is 16.8 Å². The van der Waals surface area contributed by atoms with E-state index in [-0.39, 0.29) is 0 Å². The summed E-state index contributed by atoms with van der Waals surface area (Å²) in [4.78, 5) is 2.48. The third kappa shape index (κ3) is 2.73. The van der Waals surface area contributed by atoms with E-state index >= 15 is 0 Å². The first-order valence-electron chi connectivity index (χ1n) is 6.51. The van der Waals surface area contributed by atoms with Crippen LogP contribution in [0.15, 0.2) is 23.0 Å². The van der Waals surface area contributed by atoms with Crippen LogP contribution in [0.2, 0.25) is 0 Å². The van der Waals surface area contributed by atoms with E-state index in [0.717, 1.165) is 26.2 Å². The Balaban J connectivity index is 1.79. The van der Waals surface area contributed by atoms with Gasteiger partial charge in [-0.2, -0.15) is 16.4 Å². The van der Waals surface area contributed by atoms with Gasteiger partial charge in [-0.3, -0.25) is 9.58 Å². The number of aromatic nitrogens is 2. The molecule has 2 aromatic heterocycles.